The standard InChI is InChI=1S/C21H21F4N3O2/c1-10-4-7-14-12(8-26-28-14)16(10)27-18-11-5-6-13(22)17(29)15(11)19(2,3)9-20(18,30)21(23,24)25/h4-8,18,27,29-30H,9H2,1-3H3,(H,26,28). The summed E-state index contributed by atoms with van der Waals surface area (Å²) in [6, 6.07) is 3.88. The second-order valence-electron chi connectivity index (χ2n) is 8.51. The van der Waals surface area contributed by atoms with Gasteiger partial charge in [0.25, 0.3) is 0 Å². The Morgan fingerprint density at radius 1 is 1.20 bits per heavy atom. The number of aromatic nitrogens is 2. The highest BCUT2D eigenvalue weighted by molar-refractivity contribution is 5.93. The van der Waals surface area contributed by atoms with E-state index in [1.165, 1.54) is 26.1 Å². The normalized spacial score (nSPS) is 23.4. The molecule has 0 amide bonds. The molecule has 0 spiro atoms. The highest BCUT2D eigenvalue weighted by Gasteiger charge is 2.64. The molecule has 4 N–H and O–H groups in total. The maximum Gasteiger partial charge on any atom is 0.419 e. The zero-order valence-corrected chi connectivity index (χ0v) is 16.5. The molecule has 160 valence electrons. The van der Waals surface area contributed by atoms with Crippen molar-refractivity contribution < 1.29 is 27.8 Å². The Hall–Kier alpha value is -2.81. The number of benzene rings is 2. The van der Waals surface area contributed by atoms with Gasteiger partial charge in [0.1, 0.15) is 0 Å². The number of fused-ring (bicyclic) bond motifs is 2. The first-order valence-corrected chi connectivity index (χ1v) is 9.37. The molecule has 0 saturated heterocycles. The summed E-state index contributed by atoms with van der Waals surface area (Å²) in [6.07, 6.45) is -4.26. The van der Waals surface area contributed by atoms with Crippen molar-refractivity contribution in [2.24, 2.45) is 0 Å². The summed E-state index contributed by atoms with van der Waals surface area (Å²) in [5, 5.41) is 31.4. The number of aryl methyl sites for hydroxylation is 1. The molecule has 5 nitrogen and oxygen atoms in total. The van der Waals surface area contributed by atoms with Gasteiger partial charge >= 0.3 is 6.18 Å². The van der Waals surface area contributed by atoms with Crippen molar-refractivity contribution in [1.29, 1.82) is 0 Å². The summed E-state index contributed by atoms with van der Waals surface area (Å²) >= 11 is 0. The number of hydrogen-bond donors (Lipinski definition) is 4. The number of phenols is 1. The molecule has 3 aromatic rings. The van der Waals surface area contributed by atoms with Gasteiger partial charge in [-0.05, 0) is 42.0 Å². The maximum absolute atomic E-state index is 14.2. The molecule has 30 heavy (non-hydrogen) atoms. The summed E-state index contributed by atoms with van der Waals surface area (Å²) in [4.78, 5) is 0. The molecule has 4 rings (SSSR count). The van der Waals surface area contributed by atoms with Gasteiger partial charge in [0.2, 0.25) is 0 Å². The fourth-order valence-electron chi connectivity index (χ4n) is 4.58. The van der Waals surface area contributed by atoms with Crippen molar-refractivity contribution in [1.82, 2.24) is 10.2 Å². The van der Waals surface area contributed by atoms with Gasteiger partial charge in [-0.2, -0.15) is 18.3 Å². The molecular weight excluding hydrogens is 402 g/mol. The topological polar surface area (TPSA) is 81.2 Å². The first kappa shape index (κ1) is 20.5. The van der Waals surface area contributed by atoms with E-state index in [0.717, 1.165) is 6.07 Å². The van der Waals surface area contributed by atoms with Crippen LogP contribution in [0.15, 0.2) is 30.5 Å². The summed E-state index contributed by atoms with van der Waals surface area (Å²) in [7, 11) is 0. The molecule has 2 aromatic carbocycles. The van der Waals surface area contributed by atoms with E-state index in [1.807, 2.05) is 0 Å². The van der Waals surface area contributed by atoms with Crippen molar-refractivity contribution in [3.63, 3.8) is 0 Å². The van der Waals surface area contributed by atoms with Crippen molar-refractivity contribution in [2.45, 2.75) is 50.4 Å². The molecule has 0 saturated carbocycles. The SMILES string of the molecule is Cc1ccc2[nH]ncc2c1NC1c2ccc(F)c(O)c2C(C)(C)CC1(O)C(F)(F)F. The number of rotatable bonds is 2. The van der Waals surface area contributed by atoms with Crippen molar-refractivity contribution in [2.75, 3.05) is 5.32 Å². The van der Waals surface area contributed by atoms with Crippen LogP contribution in [0.25, 0.3) is 10.9 Å². The molecule has 2 unspecified atom stereocenters. The average Bonchev–Trinajstić information content (AvgIpc) is 3.10. The van der Waals surface area contributed by atoms with E-state index in [-0.39, 0.29) is 11.1 Å². The van der Waals surface area contributed by atoms with E-state index in [2.05, 4.69) is 15.5 Å². The van der Waals surface area contributed by atoms with Crippen LogP contribution in [0.2, 0.25) is 0 Å². The Morgan fingerprint density at radius 3 is 2.57 bits per heavy atom. The number of anilines is 1. The van der Waals surface area contributed by atoms with Crippen LogP contribution in [0.1, 0.15) is 43.0 Å². The maximum atomic E-state index is 14.2. The molecule has 1 aliphatic carbocycles. The molecule has 0 bridgehead atoms. The lowest BCUT2D eigenvalue weighted by Crippen LogP contribution is -2.58. The minimum Gasteiger partial charge on any atom is -0.505 e. The van der Waals surface area contributed by atoms with Gasteiger partial charge in [-0.25, -0.2) is 4.39 Å². The predicted molar refractivity (Wildman–Crippen MR) is 104 cm³/mol. The van der Waals surface area contributed by atoms with Crippen LogP contribution in [0.4, 0.5) is 23.2 Å². The number of H-pyrrole nitrogens is 1. The largest absolute Gasteiger partial charge is 0.505 e. The molecular formula is C21H21F4N3O2. The van der Waals surface area contributed by atoms with Crippen LogP contribution in [-0.4, -0.2) is 32.2 Å². The Morgan fingerprint density at radius 2 is 1.90 bits per heavy atom. The summed E-state index contributed by atoms with van der Waals surface area (Å²) < 4.78 is 56.7. The fourth-order valence-corrected chi connectivity index (χ4v) is 4.58. The van der Waals surface area contributed by atoms with Crippen molar-refractivity contribution >= 4 is 16.6 Å². The number of nitrogens with zero attached hydrogens (tertiary/aromatic N) is 1. The Bertz CT molecular complexity index is 1140. The number of phenolic OH excluding ortho intramolecular Hbond substituents is 1. The Balaban J connectivity index is 1.98. The van der Waals surface area contributed by atoms with E-state index in [9.17, 15) is 27.8 Å². The fraction of sp³-hybridized carbons (Fsp3) is 0.381. The third-order valence-electron chi connectivity index (χ3n) is 5.95. The second kappa shape index (κ2) is 6.34. The van der Waals surface area contributed by atoms with E-state index < -0.39 is 41.2 Å². The summed E-state index contributed by atoms with van der Waals surface area (Å²) in [5.41, 5.74) is -2.84. The average molecular weight is 423 g/mol. The van der Waals surface area contributed by atoms with Crippen molar-refractivity contribution in [3.05, 3.63) is 53.0 Å². The Kier molecular flexibility index (Phi) is 4.33. The summed E-state index contributed by atoms with van der Waals surface area (Å²) in [6.45, 7) is 4.61. The van der Waals surface area contributed by atoms with E-state index in [4.69, 9.17) is 0 Å². The van der Waals surface area contributed by atoms with Crippen LogP contribution in [0.3, 0.4) is 0 Å². The molecule has 1 aromatic heterocycles. The molecule has 0 radical (unpaired) electrons. The zero-order valence-electron chi connectivity index (χ0n) is 16.5. The molecule has 1 heterocycles. The lowest BCUT2D eigenvalue weighted by molar-refractivity contribution is -0.276. The quantitative estimate of drug-likeness (QED) is 0.445. The Labute approximate surface area is 169 Å². The number of aliphatic hydroxyl groups is 1. The van der Waals surface area contributed by atoms with E-state index in [0.29, 0.717) is 22.2 Å². The van der Waals surface area contributed by atoms with Crippen LogP contribution >= 0.6 is 0 Å². The highest BCUT2D eigenvalue weighted by atomic mass is 19.4. The first-order valence-electron chi connectivity index (χ1n) is 9.37. The van der Waals surface area contributed by atoms with Gasteiger partial charge in [0.05, 0.1) is 17.8 Å². The summed E-state index contributed by atoms with van der Waals surface area (Å²) in [5.74, 6) is -1.63. The van der Waals surface area contributed by atoms with Crippen LogP contribution in [0, 0.1) is 12.7 Å². The van der Waals surface area contributed by atoms with Gasteiger partial charge in [-0.15, -0.1) is 0 Å². The third-order valence-corrected chi connectivity index (χ3v) is 5.95. The first-order chi connectivity index (χ1) is 13.9. The lowest BCUT2D eigenvalue weighted by Gasteiger charge is -2.49. The van der Waals surface area contributed by atoms with E-state index >= 15 is 0 Å². The van der Waals surface area contributed by atoms with Gasteiger partial charge in [0.15, 0.2) is 17.2 Å². The smallest absolute Gasteiger partial charge is 0.419 e. The highest BCUT2D eigenvalue weighted by Crippen LogP contribution is 2.56. The molecule has 0 fully saturated rings. The van der Waals surface area contributed by atoms with E-state index in [1.54, 1.807) is 19.1 Å². The number of alkyl halides is 3. The van der Waals surface area contributed by atoms with Crippen LogP contribution in [0.5, 0.6) is 5.75 Å². The molecule has 0 aliphatic heterocycles. The third kappa shape index (κ3) is 2.83. The number of aromatic amines is 1. The van der Waals surface area contributed by atoms with Crippen LogP contribution < -0.4 is 5.32 Å². The second-order valence-corrected chi connectivity index (χ2v) is 8.51. The van der Waals surface area contributed by atoms with Crippen molar-refractivity contribution in [3.8, 4) is 5.75 Å². The molecule has 9 heteroatoms. The number of hydrogen-bond acceptors (Lipinski definition) is 4. The number of nitrogens with one attached hydrogen (secondary N) is 2. The molecule has 1 aliphatic rings. The van der Waals surface area contributed by atoms with Gasteiger partial charge in [-0.3, -0.25) is 5.10 Å². The number of halogens is 4. The van der Waals surface area contributed by atoms with Gasteiger partial charge in [0, 0.05) is 16.6 Å². The monoisotopic (exact) mass is 423 g/mol. The minimum atomic E-state index is -4.98. The number of aromatic hydroxyl groups is 1. The zero-order chi connectivity index (χ0) is 22.1. The lowest BCUT2D eigenvalue weighted by atomic mass is 9.63. The van der Waals surface area contributed by atoms with Gasteiger partial charge in [-0.1, -0.05) is 26.0 Å². The van der Waals surface area contributed by atoms with Gasteiger partial charge < -0.3 is 15.5 Å². The molecule has 2 atom stereocenters. The van der Waals surface area contributed by atoms with Crippen LogP contribution in [-0.2, 0) is 5.41 Å². The minimum absolute atomic E-state index is 0.00938. The predicted octanol–water partition coefficient (Wildman–Crippen LogP) is 4.84.